The smallest absolute Gasteiger partial charge is 0.348 e. The number of carbonyl (C=O) groups is 2. The van der Waals surface area contributed by atoms with E-state index in [4.69, 9.17) is 0 Å². The van der Waals surface area contributed by atoms with E-state index in [0.717, 1.165) is 28.8 Å². The van der Waals surface area contributed by atoms with E-state index in [0.29, 0.717) is 28.9 Å². The quantitative estimate of drug-likeness (QED) is 0.219. The van der Waals surface area contributed by atoms with Crippen molar-refractivity contribution in [2.45, 2.75) is 12.7 Å². The van der Waals surface area contributed by atoms with Crippen LogP contribution in [-0.4, -0.2) is 16.8 Å². The summed E-state index contributed by atoms with van der Waals surface area (Å²) >= 11 is 0. The Bertz CT molecular complexity index is 1670. The summed E-state index contributed by atoms with van der Waals surface area (Å²) in [6.45, 7) is 0.326. The molecule has 5 rings (SSSR count). The van der Waals surface area contributed by atoms with Crippen LogP contribution in [0.4, 0.5) is 18.9 Å². The van der Waals surface area contributed by atoms with Crippen LogP contribution in [0, 0.1) is 0 Å². The molecular formula is C33H24F3N3O2. The van der Waals surface area contributed by atoms with Crippen LogP contribution in [0.1, 0.15) is 31.8 Å². The van der Waals surface area contributed by atoms with Gasteiger partial charge in [-0.2, -0.15) is 13.2 Å². The Morgan fingerprint density at radius 1 is 0.683 bits per heavy atom. The first-order valence-corrected chi connectivity index (χ1v) is 12.7. The van der Waals surface area contributed by atoms with Gasteiger partial charge >= 0.3 is 6.18 Å². The number of rotatable bonds is 7. The highest BCUT2D eigenvalue weighted by molar-refractivity contribution is 6.09. The maximum absolute atomic E-state index is 13.2. The molecule has 8 heteroatoms. The average Bonchev–Trinajstić information content (AvgIpc) is 3.00. The van der Waals surface area contributed by atoms with Gasteiger partial charge in [-0.3, -0.25) is 14.6 Å². The molecule has 0 saturated carbocycles. The Labute approximate surface area is 234 Å². The van der Waals surface area contributed by atoms with Crippen LogP contribution in [0.15, 0.2) is 122 Å². The highest BCUT2D eigenvalue weighted by atomic mass is 19.4. The first-order chi connectivity index (χ1) is 19.8. The van der Waals surface area contributed by atoms with Crippen LogP contribution in [-0.2, 0) is 12.7 Å². The largest absolute Gasteiger partial charge is 0.416 e. The normalized spacial score (nSPS) is 11.1. The third-order valence-electron chi connectivity index (χ3n) is 6.50. The van der Waals surface area contributed by atoms with Gasteiger partial charge in [0.05, 0.1) is 5.56 Å². The van der Waals surface area contributed by atoms with Gasteiger partial charge in [-0.25, -0.2) is 0 Å². The van der Waals surface area contributed by atoms with Crippen LogP contribution >= 0.6 is 0 Å². The number of aromatic nitrogens is 1. The van der Waals surface area contributed by atoms with E-state index in [9.17, 15) is 22.8 Å². The fraction of sp³-hybridized carbons (Fsp3) is 0.0606. The number of nitrogens with zero attached hydrogens (tertiary/aromatic N) is 1. The topological polar surface area (TPSA) is 71.1 Å². The monoisotopic (exact) mass is 551 g/mol. The summed E-state index contributed by atoms with van der Waals surface area (Å²) in [4.78, 5) is 30.0. The molecule has 204 valence electrons. The zero-order chi connectivity index (χ0) is 28.8. The minimum absolute atomic E-state index is 0.289. The van der Waals surface area contributed by atoms with Crippen molar-refractivity contribution in [3.63, 3.8) is 0 Å². The Morgan fingerprint density at radius 2 is 1.34 bits per heavy atom. The van der Waals surface area contributed by atoms with E-state index in [1.165, 1.54) is 12.1 Å². The first kappa shape index (κ1) is 27.3. The van der Waals surface area contributed by atoms with Crippen molar-refractivity contribution in [1.82, 2.24) is 10.3 Å². The van der Waals surface area contributed by atoms with Crippen molar-refractivity contribution in [3.05, 3.63) is 144 Å². The summed E-state index contributed by atoms with van der Waals surface area (Å²) in [7, 11) is 0. The van der Waals surface area contributed by atoms with Crippen molar-refractivity contribution >= 4 is 17.5 Å². The van der Waals surface area contributed by atoms with Crippen molar-refractivity contribution < 1.29 is 22.8 Å². The molecule has 2 N–H and O–H groups in total. The van der Waals surface area contributed by atoms with Gasteiger partial charge in [-0.1, -0.05) is 60.7 Å². The lowest BCUT2D eigenvalue weighted by Crippen LogP contribution is -2.23. The molecule has 0 aliphatic heterocycles. The summed E-state index contributed by atoms with van der Waals surface area (Å²) < 4.78 is 38.9. The molecule has 5 nitrogen and oxygen atoms in total. The minimum Gasteiger partial charge on any atom is -0.348 e. The first-order valence-electron chi connectivity index (χ1n) is 12.7. The summed E-state index contributed by atoms with van der Waals surface area (Å²) in [5.74, 6) is -0.753. The maximum Gasteiger partial charge on any atom is 0.416 e. The average molecular weight is 552 g/mol. The number of hydrogen-bond donors (Lipinski definition) is 2. The van der Waals surface area contributed by atoms with Crippen molar-refractivity contribution in [2.24, 2.45) is 0 Å². The Balaban J connectivity index is 1.25. The predicted octanol–water partition coefficient (Wildman–Crippen LogP) is 7.62. The zero-order valence-corrected chi connectivity index (χ0v) is 21.7. The second-order valence-corrected chi connectivity index (χ2v) is 9.27. The van der Waals surface area contributed by atoms with Crippen LogP contribution in [0.5, 0.6) is 0 Å². The number of carbonyl (C=O) groups excluding carboxylic acids is 2. The molecule has 0 aliphatic rings. The van der Waals surface area contributed by atoms with Crippen molar-refractivity contribution in [3.8, 4) is 22.3 Å². The SMILES string of the molecule is O=C(NCc1ccc(-c2ccncc2)cc1)c1cccc(NC(=O)c2ccccc2-c2ccc(C(F)(F)F)cc2)c1. The van der Waals surface area contributed by atoms with Crippen LogP contribution < -0.4 is 10.6 Å². The van der Waals surface area contributed by atoms with E-state index < -0.39 is 17.6 Å². The van der Waals surface area contributed by atoms with Gasteiger partial charge in [0.25, 0.3) is 11.8 Å². The van der Waals surface area contributed by atoms with Crippen molar-refractivity contribution in [1.29, 1.82) is 0 Å². The molecule has 1 heterocycles. The van der Waals surface area contributed by atoms with Gasteiger partial charge in [0, 0.05) is 35.8 Å². The Kier molecular flexibility index (Phi) is 7.92. The molecule has 0 atom stereocenters. The summed E-state index contributed by atoms with van der Waals surface area (Å²) in [6.07, 6.45) is -0.978. The molecule has 0 saturated heterocycles. The number of amides is 2. The third-order valence-corrected chi connectivity index (χ3v) is 6.50. The molecule has 0 radical (unpaired) electrons. The van der Waals surface area contributed by atoms with E-state index >= 15 is 0 Å². The van der Waals surface area contributed by atoms with Crippen LogP contribution in [0.2, 0.25) is 0 Å². The zero-order valence-electron chi connectivity index (χ0n) is 21.7. The fourth-order valence-electron chi connectivity index (χ4n) is 4.35. The molecule has 0 bridgehead atoms. The molecular weight excluding hydrogens is 527 g/mol. The van der Waals surface area contributed by atoms with Gasteiger partial charge < -0.3 is 10.6 Å². The lowest BCUT2D eigenvalue weighted by Gasteiger charge is -2.13. The van der Waals surface area contributed by atoms with Crippen LogP contribution in [0.25, 0.3) is 22.3 Å². The van der Waals surface area contributed by atoms with E-state index in [1.54, 1.807) is 60.9 Å². The predicted molar refractivity (Wildman–Crippen MR) is 152 cm³/mol. The lowest BCUT2D eigenvalue weighted by molar-refractivity contribution is -0.137. The highest BCUT2D eigenvalue weighted by Crippen LogP contribution is 2.32. The van der Waals surface area contributed by atoms with Gasteiger partial charge in [0.2, 0.25) is 0 Å². The lowest BCUT2D eigenvalue weighted by atomic mass is 9.98. The Hall–Kier alpha value is -5.24. The second kappa shape index (κ2) is 11.9. The van der Waals surface area contributed by atoms with E-state index in [1.807, 2.05) is 36.4 Å². The minimum atomic E-state index is -4.45. The molecule has 41 heavy (non-hydrogen) atoms. The number of hydrogen-bond acceptors (Lipinski definition) is 3. The van der Waals surface area contributed by atoms with Gasteiger partial charge in [-0.05, 0) is 76.3 Å². The van der Waals surface area contributed by atoms with E-state index in [-0.39, 0.29) is 11.5 Å². The number of pyridine rings is 1. The molecule has 2 amide bonds. The molecule has 1 aromatic heterocycles. The second-order valence-electron chi connectivity index (χ2n) is 9.27. The number of benzene rings is 4. The van der Waals surface area contributed by atoms with Crippen LogP contribution in [0.3, 0.4) is 0 Å². The number of nitrogens with one attached hydrogen (secondary N) is 2. The molecule has 5 aromatic rings. The summed E-state index contributed by atoms with van der Waals surface area (Å²) in [5.41, 5.74) is 4.30. The highest BCUT2D eigenvalue weighted by Gasteiger charge is 2.30. The molecule has 0 fully saturated rings. The summed E-state index contributed by atoms with van der Waals surface area (Å²) in [5, 5.41) is 5.68. The Morgan fingerprint density at radius 3 is 2.05 bits per heavy atom. The van der Waals surface area contributed by atoms with Crippen molar-refractivity contribution in [2.75, 3.05) is 5.32 Å². The number of alkyl halides is 3. The summed E-state index contributed by atoms with van der Waals surface area (Å²) in [6, 6.07) is 29.6. The maximum atomic E-state index is 13.2. The fourth-order valence-corrected chi connectivity index (χ4v) is 4.35. The van der Waals surface area contributed by atoms with Gasteiger partial charge in [0.15, 0.2) is 0 Å². The standard InChI is InChI=1S/C33H24F3N3O2/c34-33(35,36)27-14-12-25(13-15-27)29-6-1-2-7-30(29)32(41)39-28-5-3-4-26(20-28)31(40)38-21-22-8-10-23(11-9-22)24-16-18-37-19-17-24/h1-20H,21H2,(H,38,40)(H,39,41). The van der Waals surface area contributed by atoms with Gasteiger partial charge in [0.1, 0.15) is 0 Å². The number of anilines is 1. The third kappa shape index (κ3) is 6.67. The molecule has 0 spiro atoms. The molecule has 4 aromatic carbocycles. The molecule has 0 unspecified atom stereocenters. The van der Waals surface area contributed by atoms with E-state index in [2.05, 4.69) is 15.6 Å². The number of halogens is 3. The van der Waals surface area contributed by atoms with Gasteiger partial charge in [-0.15, -0.1) is 0 Å². The molecule has 0 aliphatic carbocycles.